The smallest absolute Gasteiger partial charge is 0.407 e. The summed E-state index contributed by atoms with van der Waals surface area (Å²) >= 11 is 3.85. The van der Waals surface area contributed by atoms with Crippen molar-refractivity contribution >= 4 is 24.6 Å². The summed E-state index contributed by atoms with van der Waals surface area (Å²) in [5, 5.41) is 43.5. The Balaban J connectivity index is 1.81. The number of carbonyl (C=O) groups excluding carboxylic acids is 2. The molecule has 1 aliphatic heterocycles. The van der Waals surface area contributed by atoms with Crippen molar-refractivity contribution in [3.05, 3.63) is 0 Å². The average molecular weight is 605 g/mol. The molecule has 0 radical (unpaired) electrons. The first kappa shape index (κ1) is 36.7. The van der Waals surface area contributed by atoms with Gasteiger partial charge in [0.1, 0.15) is 31.0 Å². The van der Waals surface area contributed by atoms with Gasteiger partial charge >= 0.3 is 6.09 Å². The van der Waals surface area contributed by atoms with E-state index in [1.807, 2.05) is 0 Å². The predicted molar refractivity (Wildman–Crippen MR) is 140 cm³/mol. The minimum absolute atomic E-state index is 0.0280. The Hall–Kier alpha value is -1.35. The second kappa shape index (κ2) is 24.3. The highest BCUT2D eigenvalue weighted by atomic mass is 32.1. The third-order valence-corrected chi connectivity index (χ3v) is 5.45. The van der Waals surface area contributed by atoms with E-state index < -0.39 is 43.4 Å². The van der Waals surface area contributed by atoms with Gasteiger partial charge in [-0.05, 0) is 0 Å². The summed E-state index contributed by atoms with van der Waals surface area (Å²) in [6, 6.07) is 0. The summed E-state index contributed by atoms with van der Waals surface area (Å²) in [5.74, 6) is 0.0211. The molecule has 1 saturated heterocycles. The number of aliphatic hydroxyl groups excluding tert-OH is 4. The maximum atomic E-state index is 11.7. The standard InChI is InChI=1S/C23H44N2O14S/c26-15-17-19(28)20(29)21(30)22(39-17)37-4-2-25-23(31)38-14-13-36-12-11-35-10-9-34-8-7-33-6-5-32-3-1-24-18(27)16-40/h17,19-22,26,28-30,40H,1-16H2,(H,24,27)(H,25,31)/t17-,19-,20+,21+,22+/m1/s1. The first-order valence-electron chi connectivity index (χ1n) is 13.0. The Kier molecular flexibility index (Phi) is 22.3. The second-order valence-corrected chi connectivity index (χ2v) is 8.52. The van der Waals surface area contributed by atoms with Crippen LogP contribution in [0.15, 0.2) is 0 Å². The minimum atomic E-state index is -1.53. The van der Waals surface area contributed by atoms with E-state index in [0.717, 1.165) is 0 Å². The molecule has 2 amide bonds. The summed E-state index contributed by atoms with van der Waals surface area (Å²) < 4.78 is 42.1. The Morgan fingerprint density at radius 1 is 0.675 bits per heavy atom. The summed E-state index contributed by atoms with van der Waals surface area (Å²) in [5.41, 5.74) is 0. The van der Waals surface area contributed by atoms with Gasteiger partial charge in [0.15, 0.2) is 6.29 Å². The molecule has 0 unspecified atom stereocenters. The van der Waals surface area contributed by atoms with Crippen LogP contribution in [0.4, 0.5) is 4.79 Å². The zero-order valence-electron chi connectivity index (χ0n) is 22.5. The number of thiol groups is 1. The zero-order valence-corrected chi connectivity index (χ0v) is 23.4. The number of nitrogens with one attached hydrogen (secondary N) is 2. The maximum Gasteiger partial charge on any atom is 0.407 e. The number of alkyl carbamates (subject to hydrolysis) is 1. The molecule has 1 heterocycles. The zero-order chi connectivity index (χ0) is 29.4. The summed E-state index contributed by atoms with van der Waals surface area (Å²) in [6.45, 7) is 3.67. The van der Waals surface area contributed by atoms with E-state index in [0.29, 0.717) is 66.0 Å². The number of rotatable bonds is 24. The Morgan fingerprint density at radius 2 is 1.18 bits per heavy atom. The fourth-order valence-corrected chi connectivity index (χ4v) is 3.19. The normalized spacial score (nSPS) is 22.7. The SMILES string of the molecule is O=C(CS)NCCOCCOCCOCCOCCOCCOC(=O)NCCO[C@H]1O[C@H](CO)[C@@H](O)[C@H](O)[C@@H]1O. The average Bonchev–Trinajstić information content (AvgIpc) is 2.96. The molecule has 0 aromatic carbocycles. The van der Waals surface area contributed by atoms with Crippen LogP contribution in [0.25, 0.3) is 0 Å². The van der Waals surface area contributed by atoms with Gasteiger partial charge in [-0.25, -0.2) is 4.79 Å². The molecule has 0 aromatic heterocycles. The highest BCUT2D eigenvalue weighted by Crippen LogP contribution is 2.21. The molecular formula is C23H44N2O14S. The van der Waals surface area contributed by atoms with E-state index in [-0.39, 0.29) is 38.0 Å². The largest absolute Gasteiger partial charge is 0.447 e. The van der Waals surface area contributed by atoms with Crippen LogP contribution in [-0.2, 0) is 42.7 Å². The molecule has 0 saturated carbocycles. The van der Waals surface area contributed by atoms with Crippen LogP contribution in [0.2, 0.25) is 0 Å². The van der Waals surface area contributed by atoms with Gasteiger partial charge in [0.05, 0.1) is 85.0 Å². The minimum Gasteiger partial charge on any atom is -0.447 e. The molecule has 236 valence electrons. The highest BCUT2D eigenvalue weighted by molar-refractivity contribution is 7.81. The molecule has 6 N–H and O–H groups in total. The second-order valence-electron chi connectivity index (χ2n) is 8.20. The molecule has 5 atom stereocenters. The number of aliphatic hydroxyl groups is 4. The first-order valence-corrected chi connectivity index (χ1v) is 13.6. The Morgan fingerprint density at radius 3 is 1.70 bits per heavy atom. The lowest BCUT2D eigenvalue weighted by Crippen LogP contribution is -2.59. The third-order valence-electron chi connectivity index (χ3n) is 5.16. The molecule has 1 rings (SSSR count). The van der Waals surface area contributed by atoms with Gasteiger partial charge in [-0.1, -0.05) is 0 Å². The highest BCUT2D eigenvalue weighted by Gasteiger charge is 2.43. The van der Waals surface area contributed by atoms with Gasteiger partial charge in [-0.2, -0.15) is 12.6 Å². The van der Waals surface area contributed by atoms with E-state index in [1.165, 1.54) is 0 Å². The van der Waals surface area contributed by atoms with Crippen molar-refractivity contribution in [2.75, 3.05) is 105 Å². The molecule has 0 bridgehead atoms. The van der Waals surface area contributed by atoms with E-state index in [4.69, 9.17) is 43.0 Å². The van der Waals surface area contributed by atoms with Gasteiger partial charge in [0.25, 0.3) is 0 Å². The third kappa shape index (κ3) is 17.5. The number of hydrogen-bond donors (Lipinski definition) is 7. The topological polar surface area (TPSA) is 213 Å². The molecule has 16 nitrogen and oxygen atoms in total. The lowest BCUT2D eigenvalue weighted by atomic mass is 9.99. The number of amides is 2. The summed E-state index contributed by atoms with van der Waals surface area (Å²) in [7, 11) is 0. The molecule has 0 aromatic rings. The molecule has 1 fully saturated rings. The van der Waals surface area contributed by atoms with Crippen molar-refractivity contribution in [1.82, 2.24) is 10.6 Å². The van der Waals surface area contributed by atoms with Gasteiger partial charge in [0, 0.05) is 13.1 Å². The predicted octanol–water partition coefficient (Wildman–Crippen LogP) is -3.34. The molecule has 40 heavy (non-hydrogen) atoms. The van der Waals surface area contributed by atoms with Crippen molar-refractivity contribution < 1.29 is 67.9 Å². The van der Waals surface area contributed by atoms with Crippen molar-refractivity contribution in [2.45, 2.75) is 30.7 Å². The van der Waals surface area contributed by atoms with Gasteiger partial charge in [-0.3, -0.25) is 4.79 Å². The lowest BCUT2D eigenvalue weighted by molar-refractivity contribution is -0.300. The first-order chi connectivity index (χ1) is 19.4. The van der Waals surface area contributed by atoms with Crippen molar-refractivity contribution in [3.8, 4) is 0 Å². The monoisotopic (exact) mass is 604 g/mol. The van der Waals surface area contributed by atoms with Crippen LogP contribution in [0.3, 0.4) is 0 Å². The molecule has 17 heteroatoms. The summed E-state index contributed by atoms with van der Waals surface area (Å²) in [6.07, 6.45) is -7.54. The molecule has 0 aliphatic carbocycles. The molecule has 0 spiro atoms. The van der Waals surface area contributed by atoms with Crippen LogP contribution < -0.4 is 10.6 Å². The number of ether oxygens (including phenoxy) is 8. The fourth-order valence-electron chi connectivity index (χ4n) is 3.08. The van der Waals surface area contributed by atoms with Crippen LogP contribution in [0, 0.1) is 0 Å². The molecular weight excluding hydrogens is 560 g/mol. The van der Waals surface area contributed by atoms with Crippen LogP contribution in [0.1, 0.15) is 0 Å². The van der Waals surface area contributed by atoms with Crippen LogP contribution >= 0.6 is 12.6 Å². The number of hydrogen-bond acceptors (Lipinski definition) is 15. The Bertz CT molecular complexity index is 651. The van der Waals surface area contributed by atoms with E-state index >= 15 is 0 Å². The molecule has 1 aliphatic rings. The van der Waals surface area contributed by atoms with Gasteiger partial charge in [0.2, 0.25) is 5.91 Å². The Labute approximate surface area is 238 Å². The van der Waals surface area contributed by atoms with Crippen LogP contribution in [0.5, 0.6) is 0 Å². The summed E-state index contributed by atoms with van der Waals surface area (Å²) in [4.78, 5) is 22.6. The van der Waals surface area contributed by atoms with Gasteiger partial charge < -0.3 is 69.0 Å². The van der Waals surface area contributed by atoms with E-state index in [9.17, 15) is 24.9 Å². The van der Waals surface area contributed by atoms with Crippen LogP contribution in [-0.4, -0.2) is 168 Å². The lowest BCUT2D eigenvalue weighted by Gasteiger charge is -2.39. The quantitative estimate of drug-likeness (QED) is 0.0424. The fraction of sp³-hybridized carbons (Fsp3) is 0.913. The van der Waals surface area contributed by atoms with Gasteiger partial charge in [-0.15, -0.1) is 0 Å². The van der Waals surface area contributed by atoms with E-state index in [1.54, 1.807) is 0 Å². The maximum absolute atomic E-state index is 11.7. The van der Waals surface area contributed by atoms with Crippen molar-refractivity contribution in [2.24, 2.45) is 0 Å². The number of carbonyl (C=O) groups is 2. The van der Waals surface area contributed by atoms with Crippen molar-refractivity contribution in [1.29, 1.82) is 0 Å². The van der Waals surface area contributed by atoms with Crippen molar-refractivity contribution in [3.63, 3.8) is 0 Å². The van der Waals surface area contributed by atoms with E-state index in [2.05, 4.69) is 23.3 Å².